The number of hydrogen-bond acceptors (Lipinski definition) is 4. The number of carbonyl (C=O) groups excluding carboxylic acids is 2. The number of carbonyl (C=O) groups is 2. The molecule has 0 bridgehead atoms. The molecular formula is C30H31Cl4N3O4S. The number of halogens is 4. The number of nitrogens with zero attached hydrogens (tertiary/aromatic N) is 2. The zero-order chi connectivity index (χ0) is 30.6. The average Bonchev–Trinajstić information content (AvgIpc) is 3.44. The summed E-state index contributed by atoms with van der Waals surface area (Å²) in [7, 11) is -4.25. The first-order chi connectivity index (χ1) is 19.8. The highest BCUT2D eigenvalue weighted by Gasteiger charge is 2.33. The first-order valence-electron chi connectivity index (χ1n) is 13.4. The van der Waals surface area contributed by atoms with Gasteiger partial charge in [0.15, 0.2) is 0 Å². The monoisotopic (exact) mass is 669 g/mol. The number of benzene rings is 3. The fraction of sp³-hybridized carbons (Fsp3) is 0.333. The van der Waals surface area contributed by atoms with Crippen molar-refractivity contribution in [2.75, 3.05) is 10.8 Å². The third kappa shape index (κ3) is 7.91. The molecule has 0 unspecified atom stereocenters. The second kappa shape index (κ2) is 13.9. The molecule has 224 valence electrons. The fourth-order valence-corrected chi connectivity index (χ4v) is 7.09. The third-order valence-corrected chi connectivity index (χ3v) is 10.2. The van der Waals surface area contributed by atoms with Crippen molar-refractivity contribution in [3.05, 3.63) is 91.9 Å². The van der Waals surface area contributed by atoms with Crippen LogP contribution >= 0.6 is 46.4 Å². The highest BCUT2D eigenvalue weighted by atomic mass is 35.5. The Labute approximate surface area is 266 Å². The summed E-state index contributed by atoms with van der Waals surface area (Å²) >= 11 is 24.8. The topological polar surface area (TPSA) is 86.8 Å². The van der Waals surface area contributed by atoms with Crippen LogP contribution in [0.2, 0.25) is 20.1 Å². The zero-order valence-corrected chi connectivity index (χ0v) is 27.0. The molecule has 1 aliphatic rings. The van der Waals surface area contributed by atoms with Crippen LogP contribution in [0.25, 0.3) is 0 Å². The van der Waals surface area contributed by atoms with Crippen molar-refractivity contribution in [1.29, 1.82) is 0 Å². The predicted molar refractivity (Wildman–Crippen MR) is 169 cm³/mol. The van der Waals surface area contributed by atoms with Crippen molar-refractivity contribution in [2.45, 2.75) is 63.1 Å². The highest BCUT2D eigenvalue weighted by molar-refractivity contribution is 7.92. The first kappa shape index (κ1) is 32.4. The molecule has 2 amide bonds. The Morgan fingerprint density at radius 3 is 2.12 bits per heavy atom. The smallest absolute Gasteiger partial charge is 0.264 e. The summed E-state index contributed by atoms with van der Waals surface area (Å²) in [5, 5.41) is 4.07. The minimum atomic E-state index is -4.25. The van der Waals surface area contributed by atoms with Crippen LogP contribution in [0.15, 0.2) is 65.6 Å². The SMILES string of the molecule is Cc1ccc(S(=O)(=O)N(CC(=O)N(Cc2ccc(Cl)c(Cl)c2)[C@H](C)C(=O)NC2CCCC2)c2cc(Cl)cc(Cl)c2)cc1. The average molecular weight is 671 g/mol. The molecule has 0 aromatic heterocycles. The molecule has 1 fully saturated rings. The summed E-state index contributed by atoms with van der Waals surface area (Å²) in [6.45, 7) is 2.83. The summed E-state index contributed by atoms with van der Waals surface area (Å²) < 4.78 is 28.9. The van der Waals surface area contributed by atoms with E-state index < -0.39 is 28.5 Å². The summed E-state index contributed by atoms with van der Waals surface area (Å²) in [5.74, 6) is -0.934. The van der Waals surface area contributed by atoms with Crippen LogP contribution in [0.1, 0.15) is 43.7 Å². The lowest BCUT2D eigenvalue weighted by atomic mass is 10.1. The molecule has 1 aliphatic carbocycles. The normalized spacial score (nSPS) is 14.4. The van der Waals surface area contributed by atoms with Crippen LogP contribution in [0.5, 0.6) is 0 Å². The summed E-state index contributed by atoms with van der Waals surface area (Å²) in [5.41, 5.74) is 1.60. The summed E-state index contributed by atoms with van der Waals surface area (Å²) in [6, 6.07) is 14.6. The number of aryl methyl sites for hydroxylation is 1. The lowest BCUT2D eigenvalue weighted by Crippen LogP contribution is -2.52. The van der Waals surface area contributed by atoms with Gasteiger partial charge in [-0.3, -0.25) is 13.9 Å². The van der Waals surface area contributed by atoms with E-state index >= 15 is 0 Å². The maximum atomic E-state index is 14.1. The largest absolute Gasteiger partial charge is 0.352 e. The van der Waals surface area contributed by atoms with E-state index in [0.717, 1.165) is 35.6 Å². The molecular weight excluding hydrogens is 640 g/mol. The highest BCUT2D eigenvalue weighted by Crippen LogP contribution is 2.31. The molecule has 12 heteroatoms. The van der Waals surface area contributed by atoms with E-state index in [9.17, 15) is 18.0 Å². The predicted octanol–water partition coefficient (Wildman–Crippen LogP) is 7.28. The third-order valence-electron chi connectivity index (χ3n) is 7.23. The number of anilines is 1. The molecule has 7 nitrogen and oxygen atoms in total. The second-order valence-electron chi connectivity index (χ2n) is 10.4. The molecule has 42 heavy (non-hydrogen) atoms. The molecule has 1 N–H and O–H groups in total. The van der Waals surface area contributed by atoms with Gasteiger partial charge in [0.2, 0.25) is 11.8 Å². The number of sulfonamides is 1. The Bertz CT molecular complexity index is 1540. The number of rotatable bonds is 10. The molecule has 0 saturated heterocycles. The van der Waals surface area contributed by atoms with E-state index in [4.69, 9.17) is 46.4 Å². The Morgan fingerprint density at radius 2 is 1.52 bits per heavy atom. The lowest BCUT2D eigenvalue weighted by molar-refractivity contribution is -0.139. The van der Waals surface area contributed by atoms with Gasteiger partial charge >= 0.3 is 0 Å². The maximum absolute atomic E-state index is 14.1. The Balaban J connectivity index is 1.72. The van der Waals surface area contributed by atoms with Gasteiger partial charge in [0.1, 0.15) is 12.6 Å². The maximum Gasteiger partial charge on any atom is 0.264 e. The molecule has 0 spiro atoms. The van der Waals surface area contributed by atoms with E-state index in [1.807, 2.05) is 6.92 Å². The standard InChI is InChI=1S/C30H31Cl4N3O4S/c1-19-7-10-26(11-8-19)42(40,41)37(25-15-22(31)14-23(32)16-25)18-29(38)36(17-21-9-12-27(33)28(34)13-21)20(2)30(39)35-24-5-3-4-6-24/h7-16,20,24H,3-6,17-18H2,1-2H3,(H,35,39)/t20-/m1/s1. The number of nitrogens with one attached hydrogen (secondary N) is 1. The van der Waals surface area contributed by atoms with Crippen LogP contribution in [-0.4, -0.2) is 43.8 Å². The van der Waals surface area contributed by atoms with Crippen molar-refractivity contribution >= 4 is 73.9 Å². The molecule has 1 atom stereocenters. The molecule has 0 aliphatic heterocycles. The van der Waals surface area contributed by atoms with Crippen LogP contribution in [-0.2, 0) is 26.2 Å². The van der Waals surface area contributed by atoms with E-state index in [-0.39, 0.29) is 39.1 Å². The molecule has 0 radical (unpaired) electrons. The number of amides is 2. The summed E-state index contributed by atoms with van der Waals surface area (Å²) in [4.78, 5) is 28.7. The minimum absolute atomic E-state index is 0.0102. The van der Waals surface area contributed by atoms with E-state index in [1.165, 1.54) is 35.2 Å². The van der Waals surface area contributed by atoms with Crippen molar-refractivity contribution in [2.24, 2.45) is 0 Å². The van der Waals surface area contributed by atoms with Crippen molar-refractivity contribution in [3.8, 4) is 0 Å². The molecule has 0 heterocycles. The van der Waals surface area contributed by atoms with Gasteiger partial charge < -0.3 is 10.2 Å². The van der Waals surface area contributed by atoms with Gasteiger partial charge in [0.05, 0.1) is 20.6 Å². The van der Waals surface area contributed by atoms with Crippen molar-refractivity contribution < 1.29 is 18.0 Å². The Kier molecular flexibility index (Phi) is 10.7. The van der Waals surface area contributed by atoms with E-state index in [1.54, 1.807) is 37.3 Å². The molecule has 3 aromatic rings. The molecule has 3 aromatic carbocycles. The first-order valence-corrected chi connectivity index (χ1v) is 16.4. The van der Waals surface area contributed by atoms with Gasteiger partial charge in [-0.05, 0) is 74.7 Å². The van der Waals surface area contributed by atoms with E-state index in [0.29, 0.717) is 15.6 Å². The van der Waals surface area contributed by atoms with Gasteiger partial charge in [-0.15, -0.1) is 0 Å². The van der Waals surface area contributed by atoms with Crippen LogP contribution in [0, 0.1) is 6.92 Å². The van der Waals surface area contributed by atoms with Gasteiger partial charge in [0.25, 0.3) is 10.0 Å². The van der Waals surface area contributed by atoms with Gasteiger partial charge in [-0.25, -0.2) is 8.42 Å². The van der Waals surface area contributed by atoms with Crippen LogP contribution < -0.4 is 9.62 Å². The zero-order valence-electron chi connectivity index (χ0n) is 23.1. The molecule has 4 rings (SSSR count). The van der Waals surface area contributed by atoms with Gasteiger partial charge in [-0.2, -0.15) is 0 Å². The fourth-order valence-electron chi connectivity index (χ4n) is 4.86. The Morgan fingerprint density at radius 1 is 0.905 bits per heavy atom. The van der Waals surface area contributed by atoms with Crippen LogP contribution in [0.4, 0.5) is 5.69 Å². The Hall–Kier alpha value is -2.49. The van der Waals surface area contributed by atoms with Crippen LogP contribution in [0.3, 0.4) is 0 Å². The number of hydrogen-bond donors (Lipinski definition) is 1. The second-order valence-corrected chi connectivity index (χ2v) is 13.9. The van der Waals surface area contributed by atoms with Crippen molar-refractivity contribution in [3.63, 3.8) is 0 Å². The lowest BCUT2D eigenvalue weighted by Gasteiger charge is -2.32. The van der Waals surface area contributed by atoms with Crippen molar-refractivity contribution in [1.82, 2.24) is 10.2 Å². The van der Waals surface area contributed by atoms with Gasteiger partial charge in [0, 0.05) is 22.6 Å². The molecule has 1 saturated carbocycles. The quantitative estimate of drug-likeness (QED) is 0.246. The summed E-state index contributed by atoms with van der Waals surface area (Å²) in [6.07, 6.45) is 3.80. The van der Waals surface area contributed by atoms with Gasteiger partial charge in [-0.1, -0.05) is 83.0 Å². The van der Waals surface area contributed by atoms with E-state index in [2.05, 4.69) is 5.32 Å². The minimum Gasteiger partial charge on any atom is -0.352 e.